The summed E-state index contributed by atoms with van der Waals surface area (Å²) in [6.45, 7) is 8.31. The first-order valence-corrected chi connectivity index (χ1v) is 8.77. The summed E-state index contributed by atoms with van der Waals surface area (Å²) in [5.41, 5.74) is 3.09. The van der Waals surface area contributed by atoms with Crippen LogP contribution in [-0.4, -0.2) is 47.0 Å². The van der Waals surface area contributed by atoms with Gasteiger partial charge in [-0.3, -0.25) is 9.63 Å². The highest BCUT2D eigenvalue weighted by atomic mass is 16.7. The SMILES string of the molecule is C[C@@H]1[C@@H](NC(=O)[C@H]2NO[C@@H](CO)[C@H]2[C@H](C)O)C[C@H]2C[C@@H]1C2(C)C. The van der Waals surface area contributed by atoms with Crippen molar-refractivity contribution < 1.29 is 19.8 Å². The van der Waals surface area contributed by atoms with Gasteiger partial charge in [-0.15, -0.1) is 0 Å². The van der Waals surface area contributed by atoms with E-state index in [0.717, 1.165) is 6.42 Å². The van der Waals surface area contributed by atoms with Crippen LogP contribution in [-0.2, 0) is 9.63 Å². The van der Waals surface area contributed by atoms with E-state index >= 15 is 0 Å². The molecule has 0 aromatic carbocycles. The molecule has 1 saturated heterocycles. The highest BCUT2D eigenvalue weighted by Crippen LogP contribution is 2.61. The van der Waals surface area contributed by atoms with Crippen LogP contribution in [0.4, 0.5) is 0 Å². The van der Waals surface area contributed by atoms with Gasteiger partial charge in [0.05, 0.1) is 12.7 Å². The van der Waals surface area contributed by atoms with Crippen LogP contribution in [0.1, 0.15) is 40.5 Å². The summed E-state index contributed by atoms with van der Waals surface area (Å²) in [4.78, 5) is 17.9. The predicted molar refractivity (Wildman–Crippen MR) is 85.1 cm³/mol. The molecule has 3 saturated carbocycles. The van der Waals surface area contributed by atoms with Gasteiger partial charge >= 0.3 is 0 Å². The highest BCUT2D eigenvalue weighted by molar-refractivity contribution is 5.82. The Labute approximate surface area is 137 Å². The van der Waals surface area contributed by atoms with Gasteiger partial charge in [0.25, 0.3) is 0 Å². The molecule has 0 spiro atoms. The second kappa shape index (κ2) is 5.99. The van der Waals surface area contributed by atoms with Crippen molar-refractivity contribution in [1.82, 2.24) is 10.8 Å². The quantitative estimate of drug-likeness (QED) is 0.602. The van der Waals surface area contributed by atoms with Crippen molar-refractivity contribution in [2.24, 2.45) is 29.1 Å². The lowest BCUT2D eigenvalue weighted by Crippen LogP contribution is -2.62. The summed E-state index contributed by atoms with van der Waals surface area (Å²) in [6.07, 6.45) is 1.01. The molecule has 0 unspecified atom stereocenters. The Morgan fingerprint density at radius 1 is 1.43 bits per heavy atom. The standard InChI is InChI=1S/C17H30N2O4/c1-8-11-5-10(17(11,3)4)6-12(8)18-16(22)15-14(9(2)21)13(7-20)23-19-15/h8-15,19-21H,5-7H2,1-4H3,(H,18,22)/t8-,9-,10+,11-,12-,13-,14+,15-/m0/s1. The first-order chi connectivity index (χ1) is 10.8. The Kier molecular flexibility index (Phi) is 4.46. The zero-order chi connectivity index (χ0) is 16.9. The number of fused-ring (bicyclic) bond motifs is 2. The largest absolute Gasteiger partial charge is 0.394 e. The van der Waals surface area contributed by atoms with Gasteiger partial charge in [0.15, 0.2) is 0 Å². The molecule has 2 bridgehead atoms. The fourth-order valence-corrected chi connectivity index (χ4v) is 5.12. The Balaban J connectivity index is 1.64. The minimum atomic E-state index is -0.728. The van der Waals surface area contributed by atoms with Gasteiger partial charge in [0, 0.05) is 12.0 Å². The predicted octanol–water partition coefficient (Wildman–Crippen LogP) is 0.435. The molecular formula is C17H30N2O4. The Morgan fingerprint density at radius 2 is 2.13 bits per heavy atom. The number of aliphatic hydroxyl groups is 2. The number of carbonyl (C=O) groups is 1. The smallest absolute Gasteiger partial charge is 0.240 e. The maximum atomic E-state index is 12.7. The van der Waals surface area contributed by atoms with Gasteiger partial charge in [-0.2, -0.15) is 5.48 Å². The van der Waals surface area contributed by atoms with E-state index in [1.54, 1.807) is 6.92 Å². The van der Waals surface area contributed by atoms with Crippen molar-refractivity contribution in [3.8, 4) is 0 Å². The highest BCUT2D eigenvalue weighted by Gasteiger charge is 2.56. The van der Waals surface area contributed by atoms with Crippen LogP contribution >= 0.6 is 0 Å². The van der Waals surface area contributed by atoms with Crippen molar-refractivity contribution in [3.63, 3.8) is 0 Å². The molecule has 6 nitrogen and oxygen atoms in total. The number of carbonyl (C=O) groups excluding carboxylic acids is 1. The molecule has 0 aromatic rings. The third kappa shape index (κ3) is 2.69. The molecular weight excluding hydrogens is 296 g/mol. The summed E-state index contributed by atoms with van der Waals surface area (Å²) in [5.74, 6) is 1.23. The Morgan fingerprint density at radius 3 is 2.65 bits per heavy atom. The van der Waals surface area contributed by atoms with E-state index in [2.05, 4.69) is 31.6 Å². The third-order valence-electron chi connectivity index (χ3n) is 6.86. The molecule has 8 atom stereocenters. The molecule has 4 fully saturated rings. The van der Waals surface area contributed by atoms with E-state index in [9.17, 15) is 15.0 Å². The molecule has 4 N–H and O–H groups in total. The second-order valence-corrected chi connectivity index (χ2v) is 8.32. The van der Waals surface area contributed by atoms with E-state index in [0.29, 0.717) is 23.2 Å². The lowest BCUT2D eigenvalue weighted by atomic mass is 9.45. The van der Waals surface area contributed by atoms with E-state index in [-0.39, 0.29) is 18.6 Å². The number of hydrogen-bond acceptors (Lipinski definition) is 5. The fraction of sp³-hybridized carbons (Fsp3) is 0.941. The topological polar surface area (TPSA) is 90.8 Å². The maximum Gasteiger partial charge on any atom is 0.240 e. The zero-order valence-electron chi connectivity index (χ0n) is 14.5. The Bertz CT molecular complexity index is 468. The van der Waals surface area contributed by atoms with Crippen LogP contribution in [0.2, 0.25) is 0 Å². The van der Waals surface area contributed by atoms with E-state index < -0.39 is 24.2 Å². The number of hydrogen-bond donors (Lipinski definition) is 4. The van der Waals surface area contributed by atoms with Crippen LogP contribution in [0.5, 0.6) is 0 Å². The van der Waals surface area contributed by atoms with Gasteiger partial charge in [0.2, 0.25) is 5.91 Å². The number of amides is 1. The van der Waals surface area contributed by atoms with Gasteiger partial charge in [-0.1, -0.05) is 20.8 Å². The molecule has 0 aromatic heterocycles. The number of aliphatic hydroxyl groups excluding tert-OH is 2. The summed E-state index contributed by atoms with van der Waals surface area (Å²) >= 11 is 0. The minimum Gasteiger partial charge on any atom is -0.394 e. The normalized spacial score (nSPS) is 46.1. The summed E-state index contributed by atoms with van der Waals surface area (Å²) in [7, 11) is 0. The van der Waals surface area contributed by atoms with Crippen LogP contribution < -0.4 is 10.8 Å². The van der Waals surface area contributed by atoms with Crippen molar-refractivity contribution in [3.05, 3.63) is 0 Å². The van der Waals surface area contributed by atoms with Crippen molar-refractivity contribution >= 4 is 5.91 Å². The summed E-state index contributed by atoms with van der Waals surface area (Å²) in [6, 6.07) is -0.436. The van der Waals surface area contributed by atoms with E-state index in [1.807, 2.05) is 0 Å². The molecule has 23 heavy (non-hydrogen) atoms. The average Bonchev–Trinajstić information content (AvgIpc) is 2.92. The molecule has 4 rings (SSSR count). The number of rotatable bonds is 4. The van der Waals surface area contributed by atoms with Gasteiger partial charge < -0.3 is 15.5 Å². The minimum absolute atomic E-state index is 0.136. The number of nitrogens with one attached hydrogen (secondary N) is 2. The average molecular weight is 326 g/mol. The lowest BCUT2D eigenvalue weighted by molar-refractivity contribution is -0.137. The zero-order valence-corrected chi connectivity index (χ0v) is 14.5. The molecule has 1 amide bonds. The molecule has 1 heterocycles. The summed E-state index contributed by atoms with van der Waals surface area (Å²) in [5, 5.41) is 22.4. The molecule has 3 aliphatic carbocycles. The van der Waals surface area contributed by atoms with Gasteiger partial charge in [-0.05, 0) is 42.9 Å². The van der Waals surface area contributed by atoms with E-state index in [1.165, 1.54) is 6.42 Å². The van der Waals surface area contributed by atoms with Crippen LogP contribution in [0.25, 0.3) is 0 Å². The fourth-order valence-electron chi connectivity index (χ4n) is 5.12. The Hall–Kier alpha value is -0.690. The molecule has 4 aliphatic rings. The first-order valence-electron chi connectivity index (χ1n) is 8.77. The van der Waals surface area contributed by atoms with E-state index in [4.69, 9.17) is 4.84 Å². The van der Waals surface area contributed by atoms with Crippen LogP contribution in [0.15, 0.2) is 0 Å². The van der Waals surface area contributed by atoms with Crippen molar-refractivity contribution in [2.45, 2.75) is 64.8 Å². The molecule has 0 radical (unpaired) electrons. The molecule has 1 aliphatic heterocycles. The number of hydroxylamine groups is 1. The van der Waals surface area contributed by atoms with Crippen molar-refractivity contribution in [2.75, 3.05) is 6.61 Å². The maximum absolute atomic E-state index is 12.7. The van der Waals surface area contributed by atoms with Gasteiger partial charge in [-0.25, -0.2) is 0 Å². The molecule has 132 valence electrons. The van der Waals surface area contributed by atoms with Crippen molar-refractivity contribution in [1.29, 1.82) is 0 Å². The first kappa shape index (κ1) is 17.1. The second-order valence-electron chi connectivity index (χ2n) is 8.32. The monoisotopic (exact) mass is 326 g/mol. The van der Waals surface area contributed by atoms with Gasteiger partial charge in [0.1, 0.15) is 12.1 Å². The van der Waals surface area contributed by atoms with Crippen LogP contribution in [0, 0.1) is 29.1 Å². The lowest BCUT2D eigenvalue weighted by Gasteiger charge is -2.62. The summed E-state index contributed by atoms with van der Waals surface area (Å²) < 4.78 is 0. The van der Waals surface area contributed by atoms with Crippen LogP contribution in [0.3, 0.4) is 0 Å². The third-order valence-corrected chi connectivity index (χ3v) is 6.86. The molecule has 6 heteroatoms.